The van der Waals surface area contributed by atoms with Crippen molar-refractivity contribution in [2.24, 2.45) is 5.73 Å². The molecule has 0 fully saturated rings. The Hall–Kier alpha value is -0.960. The summed E-state index contributed by atoms with van der Waals surface area (Å²) in [5.74, 6) is 0. The molecule has 94 valence electrons. The van der Waals surface area contributed by atoms with Crippen molar-refractivity contribution in [2.75, 3.05) is 6.54 Å². The molecule has 16 heavy (non-hydrogen) atoms. The zero-order valence-electron chi connectivity index (χ0n) is 11.2. The van der Waals surface area contributed by atoms with Crippen LogP contribution >= 0.6 is 0 Å². The van der Waals surface area contributed by atoms with Crippen LogP contribution in [-0.2, 0) is 0 Å². The first-order valence-corrected chi connectivity index (χ1v) is 5.83. The van der Waals surface area contributed by atoms with E-state index in [0.717, 1.165) is 25.1 Å². The Balaban J connectivity index is 3.96. The monoisotopic (exact) mass is 225 g/mol. The highest BCUT2D eigenvalue weighted by Gasteiger charge is 2.17. The van der Waals surface area contributed by atoms with E-state index in [-0.39, 0.29) is 11.6 Å². The Morgan fingerprint density at radius 1 is 1.31 bits per heavy atom. The van der Waals surface area contributed by atoms with E-state index >= 15 is 0 Å². The summed E-state index contributed by atoms with van der Waals surface area (Å²) in [7, 11) is 0. The number of rotatable bonds is 7. The maximum absolute atomic E-state index is 5.79. The van der Waals surface area contributed by atoms with Crippen molar-refractivity contribution >= 4 is 0 Å². The molecule has 0 amide bonds. The van der Waals surface area contributed by atoms with Gasteiger partial charge in [0, 0.05) is 29.5 Å². The molecular weight excluding hydrogens is 198 g/mol. The SMILES string of the molecule is C=C(C)NCCCC(NC(C)(C)C)C(=C)N. The molecule has 0 saturated carbocycles. The minimum Gasteiger partial charge on any atom is -0.401 e. The van der Waals surface area contributed by atoms with E-state index in [1.807, 2.05) is 6.92 Å². The average Bonchev–Trinajstić information content (AvgIpc) is 2.07. The van der Waals surface area contributed by atoms with Gasteiger partial charge in [-0.2, -0.15) is 0 Å². The summed E-state index contributed by atoms with van der Waals surface area (Å²) in [5, 5.41) is 6.68. The van der Waals surface area contributed by atoms with Gasteiger partial charge in [-0.3, -0.25) is 0 Å². The Morgan fingerprint density at radius 2 is 1.88 bits per heavy atom. The van der Waals surface area contributed by atoms with E-state index in [4.69, 9.17) is 5.73 Å². The van der Waals surface area contributed by atoms with Crippen molar-refractivity contribution in [1.29, 1.82) is 0 Å². The lowest BCUT2D eigenvalue weighted by atomic mass is 10.0. The summed E-state index contributed by atoms with van der Waals surface area (Å²) in [4.78, 5) is 0. The predicted octanol–water partition coefficient (Wildman–Crippen LogP) is 2.12. The lowest BCUT2D eigenvalue weighted by Gasteiger charge is -2.28. The van der Waals surface area contributed by atoms with Gasteiger partial charge in [-0.05, 0) is 40.5 Å². The predicted molar refractivity (Wildman–Crippen MR) is 72.1 cm³/mol. The molecule has 3 nitrogen and oxygen atoms in total. The zero-order chi connectivity index (χ0) is 12.8. The van der Waals surface area contributed by atoms with Crippen molar-refractivity contribution in [2.45, 2.75) is 52.1 Å². The molecule has 0 rings (SSSR count). The largest absolute Gasteiger partial charge is 0.401 e. The Labute approximate surface area is 100 Å². The molecule has 0 aliphatic rings. The third-order valence-corrected chi connectivity index (χ3v) is 2.15. The Bertz CT molecular complexity index is 238. The topological polar surface area (TPSA) is 50.1 Å². The number of nitrogens with one attached hydrogen (secondary N) is 2. The van der Waals surface area contributed by atoms with Crippen LogP contribution in [0.15, 0.2) is 24.6 Å². The van der Waals surface area contributed by atoms with Gasteiger partial charge in [0.2, 0.25) is 0 Å². The molecule has 0 radical (unpaired) electrons. The van der Waals surface area contributed by atoms with Crippen molar-refractivity contribution < 1.29 is 0 Å². The number of hydrogen-bond acceptors (Lipinski definition) is 3. The molecule has 1 atom stereocenters. The van der Waals surface area contributed by atoms with Gasteiger partial charge in [0.1, 0.15) is 0 Å². The minimum absolute atomic E-state index is 0.0642. The highest BCUT2D eigenvalue weighted by atomic mass is 15.0. The third kappa shape index (κ3) is 8.36. The summed E-state index contributed by atoms with van der Waals surface area (Å²) in [6.07, 6.45) is 2.05. The lowest BCUT2D eigenvalue weighted by Crippen LogP contribution is -2.46. The summed E-state index contributed by atoms with van der Waals surface area (Å²) in [5.41, 5.74) is 7.57. The van der Waals surface area contributed by atoms with E-state index in [0.29, 0.717) is 5.70 Å². The van der Waals surface area contributed by atoms with E-state index < -0.39 is 0 Å². The first kappa shape index (κ1) is 15.0. The van der Waals surface area contributed by atoms with Crippen LogP contribution in [-0.4, -0.2) is 18.1 Å². The van der Waals surface area contributed by atoms with Crippen LogP contribution in [0.2, 0.25) is 0 Å². The smallest absolute Gasteiger partial charge is 0.0465 e. The van der Waals surface area contributed by atoms with E-state index in [9.17, 15) is 0 Å². The summed E-state index contributed by atoms with van der Waals surface area (Å²) in [6, 6.07) is 0.187. The van der Waals surface area contributed by atoms with Gasteiger partial charge in [-0.1, -0.05) is 13.2 Å². The molecule has 0 aromatic rings. The van der Waals surface area contributed by atoms with Crippen molar-refractivity contribution in [1.82, 2.24) is 10.6 Å². The van der Waals surface area contributed by atoms with Gasteiger partial charge < -0.3 is 16.4 Å². The molecule has 1 unspecified atom stereocenters. The summed E-state index contributed by atoms with van der Waals surface area (Å²) in [6.45, 7) is 16.9. The van der Waals surface area contributed by atoms with Gasteiger partial charge in [0.05, 0.1) is 0 Å². The first-order chi connectivity index (χ1) is 7.22. The molecule has 0 aliphatic heterocycles. The molecule has 0 spiro atoms. The van der Waals surface area contributed by atoms with Crippen LogP contribution in [0, 0.1) is 0 Å². The molecular formula is C13H27N3. The fraction of sp³-hybridized carbons (Fsp3) is 0.692. The van der Waals surface area contributed by atoms with Crippen molar-refractivity contribution in [3.05, 3.63) is 24.6 Å². The van der Waals surface area contributed by atoms with E-state index in [2.05, 4.69) is 44.6 Å². The second-order valence-corrected chi connectivity index (χ2v) is 5.37. The summed E-state index contributed by atoms with van der Waals surface area (Å²) >= 11 is 0. The number of nitrogens with two attached hydrogens (primary N) is 1. The van der Waals surface area contributed by atoms with Gasteiger partial charge >= 0.3 is 0 Å². The average molecular weight is 225 g/mol. The molecule has 4 N–H and O–H groups in total. The van der Waals surface area contributed by atoms with Gasteiger partial charge in [0.25, 0.3) is 0 Å². The minimum atomic E-state index is 0.0642. The molecule has 3 heteroatoms. The number of hydrogen-bond donors (Lipinski definition) is 3. The zero-order valence-corrected chi connectivity index (χ0v) is 11.2. The molecule has 0 saturated heterocycles. The highest BCUT2D eigenvalue weighted by Crippen LogP contribution is 2.09. The highest BCUT2D eigenvalue weighted by molar-refractivity contribution is 5.02. The van der Waals surface area contributed by atoms with Crippen LogP contribution in [0.25, 0.3) is 0 Å². The van der Waals surface area contributed by atoms with Crippen LogP contribution < -0.4 is 16.4 Å². The van der Waals surface area contributed by atoms with Gasteiger partial charge in [-0.25, -0.2) is 0 Å². The second kappa shape index (κ2) is 6.59. The van der Waals surface area contributed by atoms with Crippen LogP contribution in [0.4, 0.5) is 0 Å². The molecule has 0 aromatic heterocycles. The van der Waals surface area contributed by atoms with Crippen LogP contribution in [0.1, 0.15) is 40.5 Å². The van der Waals surface area contributed by atoms with E-state index in [1.54, 1.807) is 0 Å². The maximum atomic E-state index is 5.79. The Kier molecular flexibility index (Phi) is 6.19. The van der Waals surface area contributed by atoms with Crippen LogP contribution in [0.5, 0.6) is 0 Å². The lowest BCUT2D eigenvalue weighted by molar-refractivity contribution is 0.365. The summed E-state index contributed by atoms with van der Waals surface area (Å²) < 4.78 is 0. The van der Waals surface area contributed by atoms with Gasteiger partial charge in [-0.15, -0.1) is 0 Å². The fourth-order valence-electron chi connectivity index (χ4n) is 1.48. The van der Waals surface area contributed by atoms with Crippen LogP contribution in [0.3, 0.4) is 0 Å². The molecule has 0 heterocycles. The molecule has 0 aromatic carbocycles. The van der Waals surface area contributed by atoms with E-state index in [1.165, 1.54) is 0 Å². The Morgan fingerprint density at radius 3 is 2.25 bits per heavy atom. The fourth-order valence-corrected chi connectivity index (χ4v) is 1.48. The maximum Gasteiger partial charge on any atom is 0.0465 e. The standard InChI is InChI=1S/C13H27N3/c1-10(2)15-9-7-8-12(11(3)14)16-13(4,5)6/h12,15-16H,1,3,7-9,14H2,2,4-6H3. The van der Waals surface area contributed by atoms with Gasteiger partial charge in [0.15, 0.2) is 0 Å². The second-order valence-electron chi connectivity index (χ2n) is 5.37. The first-order valence-electron chi connectivity index (χ1n) is 5.83. The normalized spacial score (nSPS) is 13.2. The third-order valence-electron chi connectivity index (χ3n) is 2.15. The number of allylic oxidation sites excluding steroid dienone is 1. The van der Waals surface area contributed by atoms with Crippen molar-refractivity contribution in [3.8, 4) is 0 Å². The molecule has 0 aliphatic carbocycles. The van der Waals surface area contributed by atoms with Crippen molar-refractivity contribution in [3.63, 3.8) is 0 Å². The molecule has 0 bridgehead atoms. The quantitative estimate of drug-likeness (QED) is 0.582.